The summed E-state index contributed by atoms with van der Waals surface area (Å²) in [6, 6.07) is 0. The van der Waals surface area contributed by atoms with E-state index in [0.717, 1.165) is 12.8 Å². The smallest absolute Gasteiger partial charge is 0.306 e. The van der Waals surface area contributed by atoms with Gasteiger partial charge in [-0.1, -0.05) is 13.8 Å². The van der Waals surface area contributed by atoms with E-state index in [9.17, 15) is 4.79 Å². The second-order valence-corrected chi connectivity index (χ2v) is 4.17. The first-order valence-electron chi connectivity index (χ1n) is 4.19. The molecule has 1 heterocycles. The zero-order valence-electron chi connectivity index (χ0n) is 7.52. The summed E-state index contributed by atoms with van der Waals surface area (Å²) in [5.74, 6) is -0.0388. The average molecular weight is 156 g/mol. The molecule has 0 saturated carbocycles. The Hall–Kier alpha value is -0.530. The second kappa shape index (κ2) is 2.84. The fourth-order valence-corrected chi connectivity index (χ4v) is 1.65. The molecule has 1 rings (SSSR count). The lowest BCUT2D eigenvalue weighted by Crippen LogP contribution is -2.17. The van der Waals surface area contributed by atoms with Gasteiger partial charge in [-0.3, -0.25) is 4.79 Å². The fraction of sp³-hybridized carbons (Fsp3) is 0.889. The summed E-state index contributed by atoms with van der Waals surface area (Å²) in [4.78, 5) is 11.0. The van der Waals surface area contributed by atoms with Gasteiger partial charge in [0.2, 0.25) is 0 Å². The number of carbonyl (C=O) groups is 1. The highest BCUT2D eigenvalue weighted by Gasteiger charge is 2.27. The molecule has 0 bridgehead atoms. The molecular formula is C9H16O2. The maximum absolute atomic E-state index is 11.0. The van der Waals surface area contributed by atoms with E-state index < -0.39 is 0 Å². The molecule has 2 nitrogen and oxygen atoms in total. The van der Waals surface area contributed by atoms with Crippen LogP contribution in [0.25, 0.3) is 0 Å². The summed E-state index contributed by atoms with van der Waals surface area (Å²) >= 11 is 0. The molecule has 1 aliphatic rings. The number of carbonyl (C=O) groups excluding carboxylic acids is 1. The van der Waals surface area contributed by atoms with E-state index >= 15 is 0 Å². The zero-order chi connectivity index (χ0) is 8.48. The second-order valence-electron chi connectivity index (χ2n) is 4.17. The molecule has 0 aliphatic carbocycles. The molecule has 0 amide bonds. The summed E-state index contributed by atoms with van der Waals surface area (Å²) in [6.45, 7) is 6.34. The van der Waals surface area contributed by atoms with Crippen LogP contribution < -0.4 is 0 Å². The number of cyclic esters (lactones) is 1. The minimum Gasteiger partial charge on any atom is -0.463 e. The van der Waals surface area contributed by atoms with Crippen molar-refractivity contribution in [1.82, 2.24) is 0 Å². The van der Waals surface area contributed by atoms with Crippen molar-refractivity contribution in [2.24, 2.45) is 5.41 Å². The highest BCUT2D eigenvalue weighted by atomic mass is 16.5. The Balaban J connectivity index is 2.60. The first-order chi connectivity index (χ1) is 4.99. The van der Waals surface area contributed by atoms with Gasteiger partial charge >= 0.3 is 5.97 Å². The van der Waals surface area contributed by atoms with Gasteiger partial charge < -0.3 is 4.74 Å². The summed E-state index contributed by atoms with van der Waals surface area (Å²) in [5.41, 5.74) is 0.269. The molecule has 0 N–H and O–H groups in total. The summed E-state index contributed by atoms with van der Waals surface area (Å²) in [5, 5.41) is 0. The largest absolute Gasteiger partial charge is 0.463 e. The van der Waals surface area contributed by atoms with E-state index in [-0.39, 0.29) is 17.5 Å². The first kappa shape index (κ1) is 8.57. The Kier molecular flexibility index (Phi) is 2.21. The van der Waals surface area contributed by atoms with Crippen LogP contribution in [-0.4, -0.2) is 12.1 Å². The van der Waals surface area contributed by atoms with E-state index in [1.54, 1.807) is 0 Å². The van der Waals surface area contributed by atoms with Crippen LogP contribution in [0.4, 0.5) is 0 Å². The van der Waals surface area contributed by atoms with Crippen molar-refractivity contribution in [2.45, 2.75) is 46.1 Å². The Morgan fingerprint density at radius 2 is 2.18 bits per heavy atom. The number of hydrogen-bond acceptors (Lipinski definition) is 2. The maximum atomic E-state index is 11.0. The number of ether oxygens (including phenoxy) is 1. The average Bonchev–Trinajstić information content (AvgIpc) is 1.90. The third-order valence-electron chi connectivity index (χ3n) is 2.18. The van der Waals surface area contributed by atoms with Crippen molar-refractivity contribution >= 4 is 5.97 Å². The van der Waals surface area contributed by atoms with Crippen LogP contribution in [0.2, 0.25) is 0 Å². The molecule has 1 fully saturated rings. The number of rotatable bonds is 0. The van der Waals surface area contributed by atoms with Crippen LogP contribution in [-0.2, 0) is 9.53 Å². The molecule has 0 aromatic heterocycles. The Morgan fingerprint density at radius 1 is 1.55 bits per heavy atom. The number of hydrogen-bond donors (Lipinski definition) is 0. The molecule has 11 heavy (non-hydrogen) atoms. The monoisotopic (exact) mass is 156 g/mol. The van der Waals surface area contributed by atoms with Crippen molar-refractivity contribution in [2.75, 3.05) is 0 Å². The van der Waals surface area contributed by atoms with Gasteiger partial charge in [-0.2, -0.15) is 0 Å². The zero-order valence-corrected chi connectivity index (χ0v) is 7.52. The van der Waals surface area contributed by atoms with Crippen LogP contribution in [0.5, 0.6) is 0 Å². The van der Waals surface area contributed by atoms with Gasteiger partial charge in [-0.25, -0.2) is 0 Å². The lowest BCUT2D eigenvalue weighted by Gasteiger charge is -2.22. The predicted octanol–water partition coefficient (Wildman–Crippen LogP) is 2.13. The lowest BCUT2D eigenvalue weighted by molar-refractivity contribution is -0.147. The Morgan fingerprint density at radius 3 is 2.82 bits per heavy atom. The molecule has 1 atom stereocenters. The van der Waals surface area contributed by atoms with Gasteiger partial charge in [0.1, 0.15) is 0 Å². The van der Waals surface area contributed by atoms with Gasteiger partial charge in [0, 0.05) is 6.42 Å². The van der Waals surface area contributed by atoms with Gasteiger partial charge in [0.25, 0.3) is 0 Å². The van der Waals surface area contributed by atoms with Gasteiger partial charge in [0.05, 0.1) is 6.10 Å². The van der Waals surface area contributed by atoms with Gasteiger partial charge in [0.15, 0.2) is 0 Å². The Bertz CT molecular complexity index is 161. The quantitative estimate of drug-likeness (QED) is 0.502. The Labute approximate surface area is 67.9 Å². The molecule has 0 aromatic rings. The third-order valence-corrected chi connectivity index (χ3v) is 2.18. The highest BCUT2D eigenvalue weighted by molar-refractivity contribution is 5.69. The van der Waals surface area contributed by atoms with E-state index in [1.165, 1.54) is 0 Å². The molecular weight excluding hydrogens is 140 g/mol. The molecule has 1 saturated heterocycles. The van der Waals surface area contributed by atoms with Gasteiger partial charge in [-0.05, 0) is 25.2 Å². The van der Waals surface area contributed by atoms with E-state index in [4.69, 9.17) is 4.74 Å². The molecule has 64 valence electrons. The molecule has 2 heteroatoms. The van der Waals surface area contributed by atoms with Crippen molar-refractivity contribution in [3.05, 3.63) is 0 Å². The molecule has 0 aromatic carbocycles. The highest BCUT2D eigenvalue weighted by Crippen LogP contribution is 2.32. The fourth-order valence-electron chi connectivity index (χ4n) is 1.65. The van der Waals surface area contributed by atoms with Crippen LogP contribution in [0.3, 0.4) is 0 Å². The summed E-state index contributed by atoms with van der Waals surface area (Å²) in [7, 11) is 0. The molecule has 0 spiro atoms. The van der Waals surface area contributed by atoms with E-state index in [0.29, 0.717) is 6.42 Å². The van der Waals surface area contributed by atoms with E-state index in [2.05, 4.69) is 13.8 Å². The van der Waals surface area contributed by atoms with Crippen LogP contribution in [0.1, 0.15) is 40.0 Å². The van der Waals surface area contributed by atoms with E-state index in [1.807, 2.05) is 6.92 Å². The maximum Gasteiger partial charge on any atom is 0.306 e. The van der Waals surface area contributed by atoms with Crippen LogP contribution in [0, 0.1) is 5.41 Å². The lowest BCUT2D eigenvalue weighted by atomic mass is 9.83. The summed E-state index contributed by atoms with van der Waals surface area (Å²) < 4.78 is 5.11. The van der Waals surface area contributed by atoms with Crippen molar-refractivity contribution in [3.8, 4) is 0 Å². The van der Waals surface area contributed by atoms with Crippen molar-refractivity contribution in [3.63, 3.8) is 0 Å². The van der Waals surface area contributed by atoms with Crippen LogP contribution >= 0.6 is 0 Å². The predicted molar refractivity (Wildman–Crippen MR) is 43.2 cm³/mol. The minimum atomic E-state index is -0.0388. The molecule has 0 radical (unpaired) electrons. The topological polar surface area (TPSA) is 26.3 Å². The summed E-state index contributed by atoms with van der Waals surface area (Å²) in [6.07, 6.45) is 2.62. The number of esters is 1. The first-order valence-corrected chi connectivity index (χ1v) is 4.19. The SMILES string of the molecule is CC1CC(C)(C)CCC(=O)O1. The van der Waals surface area contributed by atoms with Crippen molar-refractivity contribution < 1.29 is 9.53 Å². The van der Waals surface area contributed by atoms with Crippen molar-refractivity contribution in [1.29, 1.82) is 0 Å². The third kappa shape index (κ3) is 2.52. The van der Waals surface area contributed by atoms with Crippen LogP contribution in [0.15, 0.2) is 0 Å². The van der Waals surface area contributed by atoms with Gasteiger partial charge in [-0.15, -0.1) is 0 Å². The minimum absolute atomic E-state index is 0.0388. The normalized spacial score (nSPS) is 30.8. The molecule has 1 unspecified atom stereocenters. The molecule has 1 aliphatic heterocycles. The standard InChI is InChI=1S/C9H16O2/c1-7-6-9(2,3)5-4-8(10)11-7/h7H,4-6H2,1-3H3.